The van der Waals surface area contributed by atoms with Gasteiger partial charge in [0.1, 0.15) is 18.2 Å². The third-order valence-corrected chi connectivity index (χ3v) is 6.31. The molecule has 0 unspecified atom stereocenters. The molecule has 6 heteroatoms. The predicted molar refractivity (Wildman–Crippen MR) is 128 cm³/mol. The Morgan fingerprint density at radius 3 is 2.59 bits per heavy atom. The van der Waals surface area contributed by atoms with Gasteiger partial charge in [-0.05, 0) is 69.3 Å². The number of H-pyrrole nitrogens is 1. The lowest BCUT2D eigenvalue weighted by molar-refractivity contribution is 0.0711. The Labute approximate surface area is 190 Å². The summed E-state index contributed by atoms with van der Waals surface area (Å²) >= 11 is 0. The number of unbranched alkanes of at least 4 members (excludes halogenated alkanes) is 1. The van der Waals surface area contributed by atoms with Crippen LogP contribution in [0.1, 0.15) is 54.7 Å². The summed E-state index contributed by atoms with van der Waals surface area (Å²) in [6.45, 7) is 6.37. The molecule has 2 aromatic carbocycles. The maximum Gasteiger partial charge on any atom is 0.253 e. The van der Waals surface area contributed by atoms with E-state index in [1.165, 1.54) is 12.8 Å². The maximum atomic E-state index is 13.0. The maximum absolute atomic E-state index is 13.0. The molecule has 1 aliphatic heterocycles. The van der Waals surface area contributed by atoms with Crippen LogP contribution in [0.3, 0.4) is 0 Å². The summed E-state index contributed by atoms with van der Waals surface area (Å²) in [4.78, 5) is 25.4. The number of piperidine rings is 1. The van der Waals surface area contributed by atoms with E-state index in [9.17, 15) is 4.79 Å². The minimum atomic E-state index is 0.0962. The third kappa shape index (κ3) is 5.49. The zero-order valence-corrected chi connectivity index (χ0v) is 19.2. The van der Waals surface area contributed by atoms with Crippen LogP contribution in [0, 0.1) is 0 Å². The van der Waals surface area contributed by atoms with Gasteiger partial charge in [-0.1, -0.05) is 25.5 Å². The Hall–Kier alpha value is -2.86. The molecule has 3 aromatic rings. The van der Waals surface area contributed by atoms with Crippen molar-refractivity contribution in [3.8, 4) is 5.75 Å². The second-order valence-corrected chi connectivity index (χ2v) is 8.74. The molecule has 0 aliphatic carbocycles. The lowest BCUT2D eigenvalue weighted by Crippen LogP contribution is -2.38. The highest BCUT2D eigenvalue weighted by atomic mass is 16.5. The number of imidazole rings is 1. The van der Waals surface area contributed by atoms with Gasteiger partial charge in [0.25, 0.3) is 5.91 Å². The van der Waals surface area contributed by atoms with Gasteiger partial charge in [-0.25, -0.2) is 4.98 Å². The molecular weight excluding hydrogens is 400 g/mol. The van der Waals surface area contributed by atoms with Gasteiger partial charge in [0, 0.05) is 31.1 Å². The third-order valence-electron chi connectivity index (χ3n) is 6.31. The minimum Gasteiger partial charge on any atom is -0.492 e. The zero-order valence-electron chi connectivity index (χ0n) is 19.2. The Kier molecular flexibility index (Phi) is 7.43. The summed E-state index contributed by atoms with van der Waals surface area (Å²) in [5.41, 5.74) is 2.81. The van der Waals surface area contributed by atoms with Crippen LogP contribution in [0.4, 0.5) is 0 Å². The van der Waals surface area contributed by atoms with Crippen molar-refractivity contribution in [2.45, 2.75) is 38.5 Å². The number of ether oxygens (including phenoxy) is 1. The van der Waals surface area contributed by atoms with Crippen LogP contribution in [-0.4, -0.2) is 65.5 Å². The Bertz CT molecular complexity index is 973. The van der Waals surface area contributed by atoms with E-state index in [0.29, 0.717) is 12.5 Å². The number of aromatic nitrogens is 2. The number of aromatic amines is 1. The van der Waals surface area contributed by atoms with Gasteiger partial charge in [0.15, 0.2) is 0 Å². The van der Waals surface area contributed by atoms with Crippen molar-refractivity contribution < 1.29 is 9.53 Å². The summed E-state index contributed by atoms with van der Waals surface area (Å²) in [6, 6.07) is 15.7. The molecule has 0 spiro atoms. The van der Waals surface area contributed by atoms with Gasteiger partial charge in [-0.3, -0.25) is 4.79 Å². The molecule has 0 radical (unpaired) electrons. The second-order valence-electron chi connectivity index (χ2n) is 8.74. The first kappa shape index (κ1) is 22.3. The Morgan fingerprint density at radius 2 is 1.88 bits per heavy atom. The first-order chi connectivity index (χ1) is 15.6. The number of para-hydroxylation sites is 2. The number of rotatable bonds is 9. The van der Waals surface area contributed by atoms with Crippen molar-refractivity contribution in [2.24, 2.45) is 0 Å². The Balaban J connectivity index is 1.25. The molecule has 0 saturated carbocycles. The van der Waals surface area contributed by atoms with Gasteiger partial charge in [0.05, 0.1) is 11.0 Å². The second kappa shape index (κ2) is 10.6. The molecule has 2 heterocycles. The van der Waals surface area contributed by atoms with Gasteiger partial charge in [-0.2, -0.15) is 0 Å². The zero-order chi connectivity index (χ0) is 22.3. The van der Waals surface area contributed by atoms with Gasteiger partial charge >= 0.3 is 0 Å². The highest BCUT2D eigenvalue weighted by molar-refractivity contribution is 5.94. The molecule has 6 nitrogen and oxygen atoms in total. The lowest BCUT2D eigenvalue weighted by Gasteiger charge is -2.31. The van der Waals surface area contributed by atoms with E-state index in [-0.39, 0.29) is 5.91 Å². The Morgan fingerprint density at radius 1 is 1.12 bits per heavy atom. The molecule has 1 fully saturated rings. The van der Waals surface area contributed by atoms with Crippen LogP contribution >= 0.6 is 0 Å². The molecular formula is C26H34N4O2. The van der Waals surface area contributed by atoms with E-state index >= 15 is 0 Å². The number of hydrogen-bond donors (Lipinski definition) is 1. The molecule has 4 rings (SSSR count). The van der Waals surface area contributed by atoms with E-state index in [4.69, 9.17) is 9.72 Å². The first-order valence-electron chi connectivity index (χ1n) is 11.8. The predicted octanol–water partition coefficient (Wildman–Crippen LogP) is 4.69. The minimum absolute atomic E-state index is 0.0962. The summed E-state index contributed by atoms with van der Waals surface area (Å²) in [6.07, 6.45) is 4.28. The van der Waals surface area contributed by atoms with Crippen molar-refractivity contribution in [2.75, 3.05) is 39.8 Å². The van der Waals surface area contributed by atoms with Crippen LogP contribution in [0.2, 0.25) is 0 Å². The van der Waals surface area contributed by atoms with Crippen LogP contribution in [0.15, 0.2) is 48.5 Å². The van der Waals surface area contributed by atoms with E-state index in [1.54, 1.807) is 0 Å². The van der Waals surface area contributed by atoms with E-state index in [0.717, 1.165) is 67.2 Å². The number of nitrogens with one attached hydrogen (secondary N) is 1. The average Bonchev–Trinajstić information content (AvgIpc) is 3.27. The fourth-order valence-electron chi connectivity index (χ4n) is 4.26. The molecule has 1 aliphatic rings. The van der Waals surface area contributed by atoms with Crippen LogP contribution in [0.25, 0.3) is 11.0 Å². The number of likely N-dealkylation sites (tertiary alicyclic amines) is 1. The number of carbonyl (C=O) groups is 1. The number of hydrogen-bond acceptors (Lipinski definition) is 4. The molecule has 170 valence electrons. The van der Waals surface area contributed by atoms with Gasteiger partial charge in [-0.15, -0.1) is 0 Å². The van der Waals surface area contributed by atoms with Crippen molar-refractivity contribution in [1.29, 1.82) is 0 Å². The number of likely N-dealkylation sites (N-methyl/N-ethyl adjacent to an activating group) is 1. The van der Waals surface area contributed by atoms with Gasteiger partial charge in [0.2, 0.25) is 0 Å². The lowest BCUT2D eigenvalue weighted by atomic mass is 9.95. The number of fused-ring (bicyclic) bond motifs is 1. The topological polar surface area (TPSA) is 61.5 Å². The highest BCUT2D eigenvalue weighted by Gasteiger charge is 2.26. The summed E-state index contributed by atoms with van der Waals surface area (Å²) in [5, 5.41) is 0. The van der Waals surface area contributed by atoms with Crippen molar-refractivity contribution in [3.05, 3.63) is 59.9 Å². The molecule has 0 atom stereocenters. The quantitative estimate of drug-likeness (QED) is 0.531. The normalized spacial score (nSPS) is 14.9. The van der Waals surface area contributed by atoms with E-state index in [1.807, 2.05) is 47.4 Å². The molecule has 1 N–H and O–H groups in total. The average molecular weight is 435 g/mol. The fraction of sp³-hybridized carbons (Fsp3) is 0.462. The smallest absolute Gasteiger partial charge is 0.253 e. The summed E-state index contributed by atoms with van der Waals surface area (Å²) in [7, 11) is 2.12. The molecule has 1 amide bonds. The standard InChI is InChI=1S/C26H34N4O2/c1-3-4-15-29(2)18-19-32-22-11-9-21(10-12-22)26(31)30-16-13-20(14-17-30)25-27-23-7-5-6-8-24(23)28-25/h5-12,20H,3-4,13-19H2,1-2H3,(H,27,28). The number of carbonyl (C=O) groups excluding carboxylic acids is 1. The highest BCUT2D eigenvalue weighted by Crippen LogP contribution is 2.28. The van der Waals surface area contributed by atoms with Crippen molar-refractivity contribution >= 4 is 16.9 Å². The summed E-state index contributed by atoms with van der Waals surface area (Å²) < 4.78 is 5.85. The number of nitrogens with zero attached hydrogens (tertiary/aromatic N) is 3. The van der Waals surface area contributed by atoms with Crippen LogP contribution in [0.5, 0.6) is 5.75 Å². The number of benzene rings is 2. The monoisotopic (exact) mass is 434 g/mol. The molecule has 1 aromatic heterocycles. The van der Waals surface area contributed by atoms with Crippen molar-refractivity contribution in [3.63, 3.8) is 0 Å². The molecule has 1 saturated heterocycles. The fourth-order valence-corrected chi connectivity index (χ4v) is 4.26. The molecule has 0 bridgehead atoms. The van der Waals surface area contributed by atoms with Crippen LogP contribution in [-0.2, 0) is 0 Å². The van der Waals surface area contributed by atoms with Gasteiger partial charge < -0.3 is 19.5 Å². The summed E-state index contributed by atoms with van der Waals surface area (Å²) in [5.74, 6) is 2.32. The SMILES string of the molecule is CCCCN(C)CCOc1ccc(C(=O)N2CCC(c3nc4ccccc4[nH]3)CC2)cc1. The number of amides is 1. The largest absolute Gasteiger partial charge is 0.492 e. The van der Waals surface area contributed by atoms with E-state index < -0.39 is 0 Å². The molecule has 32 heavy (non-hydrogen) atoms. The van der Waals surface area contributed by atoms with Crippen LogP contribution < -0.4 is 4.74 Å². The first-order valence-corrected chi connectivity index (χ1v) is 11.8. The van der Waals surface area contributed by atoms with Crippen molar-refractivity contribution in [1.82, 2.24) is 19.8 Å². The van der Waals surface area contributed by atoms with E-state index in [2.05, 4.69) is 29.9 Å².